The molecule has 2 aromatic rings. The van der Waals surface area contributed by atoms with E-state index in [1.165, 1.54) is 12.7 Å². The molecule has 3 rings (SSSR count). The molecule has 2 aromatic carbocycles. The van der Waals surface area contributed by atoms with Gasteiger partial charge in [-0.2, -0.15) is 0 Å². The summed E-state index contributed by atoms with van der Waals surface area (Å²) in [6, 6.07) is 10.9. The Morgan fingerprint density at radius 2 is 1.96 bits per heavy atom. The first-order valence-corrected chi connectivity index (χ1v) is 8.79. The van der Waals surface area contributed by atoms with Gasteiger partial charge < -0.3 is 15.0 Å². The van der Waals surface area contributed by atoms with Gasteiger partial charge in [0.1, 0.15) is 5.75 Å². The Labute approximate surface area is 157 Å². The molecule has 1 heterocycles. The van der Waals surface area contributed by atoms with Gasteiger partial charge in [-0.1, -0.05) is 17.7 Å². The number of anilines is 2. The van der Waals surface area contributed by atoms with Gasteiger partial charge >= 0.3 is 0 Å². The Morgan fingerprint density at radius 1 is 1.19 bits per heavy atom. The number of halogens is 1. The van der Waals surface area contributed by atoms with Crippen molar-refractivity contribution < 1.29 is 14.3 Å². The second-order valence-corrected chi connectivity index (χ2v) is 6.95. The second kappa shape index (κ2) is 7.38. The molecule has 0 radical (unpaired) electrons. The highest BCUT2D eigenvalue weighted by Crippen LogP contribution is 2.35. The minimum absolute atomic E-state index is 0.120. The molecule has 0 bridgehead atoms. The number of aryl methyl sites for hydroxylation is 2. The molecule has 0 saturated carbocycles. The van der Waals surface area contributed by atoms with Crippen molar-refractivity contribution in [3.63, 3.8) is 0 Å². The third kappa shape index (κ3) is 3.68. The summed E-state index contributed by atoms with van der Waals surface area (Å²) in [5.41, 5.74) is 3.60. The molecule has 2 amide bonds. The first-order chi connectivity index (χ1) is 12.4. The van der Waals surface area contributed by atoms with Crippen LogP contribution in [0.5, 0.6) is 5.75 Å². The normalized spacial score (nSPS) is 16.7. The van der Waals surface area contributed by atoms with Crippen molar-refractivity contribution in [2.24, 2.45) is 5.92 Å². The molecule has 1 aliphatic heterocycles. The zero-order valence-electron chi connectivity index (χ0n) is 15.0. The van der Waals surface area contributed by atoms with Gasteiger partial charge in [0.15, 0.2) is 0 Å². The molecule has 0 spiro atoms. The fourth-order valence-corrected chi connectivity index (χ4v) is 3.22. The van der Waals surface area contributed by atoms with Gasteiger partial charge in [-0.05, 0) is 55.3 Å². The Kier molecular flexibility index (Phi) is 5.18. The van der Waals surface area contributed by atoms with Crippen molar-refractivity contribution in [1.29, 1.82) is 0 Å². The van der Waals surface area contributed by atoms with Gasteiger partial charge in [-0.3, -0.25) is 9.59 Å². The third-order valence-electron chi connectivity index (χ3n) is 4.70. The number of nitrogens with one attached hydrogen (secondary N) is 1. The zero-order chi connectivity index (χ0) is 18.8. The summed E-state index contributed by atoms with van der Waals surface area (Å²) in [6.45, 7) is 4.32. The van der Waals surface area contributed by atoms with E-state index in [0.717, 1.165) is 11.3 Å². The molecule has 26 heavy (non-hydrogen) atoms. The quantitative estimate of drug-likeness (QED) is 0.883. The lowest BCUT2D eigenvalue weighted by Crippen LogP contribution is -2.28. The Morgan fingerprint density at radius 3 is 2.65 bits per heavy atom. The molecule has 136 valence electrons. The van der Waals surface area contributed by atoms with Crippen LogP contribution in [-0.4, -0.2) is 25.5 Å². The van der Waals surface area contributed by atoms with Crippen LogP contribution in [0.1, 0.15) is 17.5 Å². The molecule has 6 heteroatoms. The molecule has 1 fully saturated rings. The molecule has 0 aliphatic carbocycles. The van der Waals surface area contributed by atoms with Gasteiger partial charge in [0.2, 0.25) is 11.8 Å². The van der Waals surface area contributed by atoms with Gasteiger partial charge in [-0.15, -0.1) is 0 Å². The molecule has 1 aliphatic rings. The predicted octanol–water partition coefficient (Wildman–Crippen LogP) is 3.96. The van der Waals surface area contributed by atoms with E-state index in [4.69, 9.17) is 16.3 Å². The van der Waals surface area contributed by atoms with Gasteiger partial charge in [-0.25, -0.2) is 0 Å². The fourth-order valence-electron chi connectivity index (χ4n) is 3.05. The molecule has 1 N–H and O–H groups in total. The van der Waals surface area contributed by atoms with E-state index in [0.29, 0.717) is 23.0 Å². The highest BCUT2D eigenvalue weighted by Gasteiger charge is 2.36. The molecule has 1 unspecified atom stereocenters. The van der Waals surface area contributed by atoms with Crippen LogP contribution in [0.4, 0.5) is 11.4 Å². The maximum Gasteiger partial charge on any atom is 0.229 e. The van der Waals surface area contributed by atoms with E-state index >= 15 is 0 Å². The summed E-state index contributed by atoms with van der Waals surface area (Å²) >= 11 is 6.06. The molecule has 0 aromatic heterocycles. The number of ether oxygens (including phenoxy) is 1. The standard InChI is InChI=1S/C20H21ClN2O3/c1-12-4-6-16(8-13(12)2)22-20(25)14-9-19(24)23(11-14)17-10-15(21)5-7-18(17)26-3/h4-8,10,14H,9,11H2,1-3H3,(H,22,25). The van der Waals surface area contributed by atoms with E-state index in [2.05, 4.69) is 5.32 Å². The first kappa shape index (κ1) is 18.3. The molecule has 5 nitrogen and oxygen atoms in total. The average molecular weight is 373 g/mol. The van der Waals surface area contributed by atoms with Crippen LogP contribution >= 0.6 is 11.6 Å². The summed E-state index contributed by atoms with van der Waals surface area (Å²) in [7, 11) is 1.54. The van der Waals surface area contributed by atoms with Crippen LogP contribution in [-0.2, 0) is 9.59 Å². The lowest BCUT2D eigenvalue weighted by atomic mass is 10.1. The van der Waals surface area contributed by atoms with Gasteiger partial charge in [0.05, 0.1) is 18.7 Å². The smallest absolute Gasteiger partial charge is 0.229 e. The molecule has 1 atom stereocenters. The number of amides is 2. The lowest BCUT2D eigenvalue weighted by Gasteiger charge is -2.20. The van der Waals surface area contributed by atoms with Crippen LogP contribution in [0, 0.1) is 19.8 Å². The van der Waals surface area contributed by atoms with E-state index in [1.54, 1.807) is 23.1 Å². The Hall–Kier alpha value is -2.53. The van der Waals surface area contributed by atoms with Crippen molar-refractivity contribution in [1.82, 2.24) is 0 Å². The topological polar surface area (TPSA) is 58.6 Å². The fraction of sp³-hybridized carbons (Fsp3) is 0.300. The SMILES string of the molecule is COc1ccc(Cl)cc1N1CC(C(=O)Nc2ccc(C)c(C)c2)CC1=O. The van der Waals surface area contributed by atoms with Gasteiger partial charge in [0.25, 0.3) is 0 Å². The van der Waals surface area contributed by atoms with Crippen molar-refractivity contribution in [3.05, 3.63) is 52.5 Å². The van der Waals surface area contributed by atoms with Crippen LogP contribution in [0.15, 0.2) is 36.4 Å². The van der Waals surface area contributed by atoms with Crippen molar-refractivity contribution in [2.45, 2.75) is 20.3 Å². The average Bonchev–Trinajstić information content (AvgIpc) is 3.00. The van der Waals surface area contributed by atoms with E-state index < -0.39 is 5.92 Å². The number of methoxy groups -OCH3 is 1. The lowest BCUT2D eigenvalue weighted by molar-refractivity contribution is -0.122. The Balaban J connectivity index is 1.76. The van der Waals surface area contributed by atoms with Gasteiger partial charge in [0, 0.05) is 23.7 Å². The highest BCUT2D eigenvalue weighted by molar-refractivity contribution is 6.31. The van der Waals surface area contributed by atoms with Crippen molar-refractivity contribution in [3.8, 4) is 5.75 Å². The summed E-state index contributed by atoms with van der Waals surface area (Å²) < 4.78 is 5.32. The number of carbonyl (C=O) groups excluding carboxylic acids is 2. The largest absolute Gasteiger partial charge is 0.495 e. The van der Waals surface area contributed by atoms with Crippen LogP contribution in [0.2, 0.25) is 5.02 Å². The monoisotopic (exact) mass is 372 g/mol. The highest BCUT2D eigenvalue weighted by atomic mass is 35.5. The molecule has 1 saturated heterocycles. The number of nitrogens with zero attached hydrogens (tertiary/aromatic N) is 1. The summed E-state index contributed by atoms with van der Waals surface area (Å²) in [4.78, 5) is 26.6. The number of benzene rings is 2. The zero-order valence-corrected chi connectivity index (χ0v) is 15.8. The van der Waals surface area contributed by atoms with Crippen LogP contribution in [0.3, 0.4) is 0 Å². The van der Waals surface area contributed by atoms with Crippen molar-refractivity contribution >= 4 is 34.8 Å². The first-order valence-electron chi connectivity index (χ1n) is 8.41. The predicted molar refractivity (Wildman–Crippen MR) is 103 cm³/mol. The summed E-state index contributed by atoms with van der Waals surface area (Å²) in [5, 5.41) is 3.42. The van der Waals surface area contributed by atoms with Crippen LogP contribution < -0.4 is 15.0 Å². The summed E-state index contributed by atoms with van der Waals surface area (Å²) in [6.07, 6.45) is 0.159. The van der Waals surface area contributed by atoms with E-state index in [1.807, 2.05) is 32.0 Å². The number of rotatable bonds is 4. The van der Waals surface area contributed by atoms with Crippen LogP contribution in [0.25, 0.3) is 0 Å². The third-order valence-corrected chi connectivity index (χ3v) is 4.94. The molecular formula is C20H21ClN2O3. The van der Waals surface area contributed by atoms with E-state index in [-0.39, 0.29) is 18.2 Å². The maximum absolute atomic E-state index is 12.6. The Bertz CT molecular complexity index is 866. The number of hydrogen-bond acceptors (Lipinski definition) is 3. The second-order valence-electron chi connectivity index (χ2n) is 6.51. The molecular weight excluding hydrogens is 352 g/mol. The number of carbonyl (C=O) groups is 2. The summed E-state index contributed by atoms with van der Waals surface area (Å²) in [5.74, 6) is -0.151. The van der Waals surface area contributed by atoms with Crippen molar-refractivity contribution in [2.75, 3.05) is 23.9 Å². The van der Waals surface area contributed by atoms with E-state index in [9.17, 15) is 9.59 Å². The minimum Gasteiger partial charge on any atom is -0.495 e. The number of hydrogen-bond donors (Lipinski definition) is 1. The minimum atomic E-state index is -0.423. The maximum atomic E-state index is 12.6.